The summed E-state index contributed by atoms with van der Waals surface area (Å²) in [4.78, 5) is 17.0. The Morgan fingerprint density at radius 1 is 1.12 bits per heavy atom. The first-order valence-electron chi connectivity index (χ1n) is 11.5. The smallest absolute Gasteiger partial charge is 0.407 e. The highest BCUT2D eigenvalue weighted by Gasteiger charge is 2.24. The average molecular weight is 436 g/mol. The summed E-state index contributed by atoms with van der Waals surface area (Å²) in [6.07, 6.45) is 2.94. The molecule has 1 saturated carbocycles. The van der Waals surface area contributed by atoms with Gasteiger partial charge in [0.05, 0.1) is 17.6 Å². The van der Waals surface area contributed by atoms with E-state index in [9.17, 15) is 4.79 Å². The molecule has 2 aromatic carbocycles. The molecule has 6 nitrogen and oxygen atoms in total. The molecule has 1 N–H and O–H groups in total. The zero-order valence-electron chi connectivity index (χ0n) is 19.5. The average Bonchev–Trinajstić information content (AvgIpc) is 3.49. The van der Waals surface area contributed by atoms with Crippen LogP contribution >= 0.6 is 0 Å². The standard InChI is InChI=1S/C26H33N3O3/c1-5-31-21-11-8-18(9-12-21)15-24-27-22-14-20(17-32-25(30)28-26(2,3)4)10-13-23(22)29(24)16-19-6-7-19/h8-14,19H,5-7,15-17H2,1-4H3,(H,28,30). The van der Waals surface area contributed by atoms with E-state index in [4.69, 9.17) is 14.5 Å². The minimum atomic E-state index is -0.409. The van der Waals surface area contributed by atoms with Crippen molar-refractivity contribution in [2.75, 3.05) is 6.61 Å². The minimum absolute atomic E-state index is 0.224. The second-order valence-corrected chi connectivity index (χ2v) is 9.61. The quantitative estimate of drug-likeness (QED) is 0.510. The number of nitrogens with zero attached hydrogens (tertiary/aromatic N) is 2. The van der Waals surface area contributed by atoms with E-state index in [1.807, 2.05) is 52.0 Å². The molecule has 32 heavy (non-hydrogen) atoms. The normalized spacial score (nSPS) is 13.9. The summed E-state index contributed by atoms with van der Waals surface area (Å²) in [5, 5.41) is 2.82. The van der Waals surface area contributed by atoms with Crippen LogP contribution in [0.1, 0.15) is 57.5 Å². The molecular weight excluding hydrogens is 402 g/mol. The molecule has 0 atom stereocenters. The van der Waals surface area contributed by atoms with Gasteiger partial charge in [-0.1, -0.05) is 18.2 Å². The molecule has 3 aromatic rings. The van der Waals surface area contributed by atoms with Crippen molar-refractivity contribution in [1.82, 2.24) is 14.9 Å². The number of alkyl carbamates (subject to hydrolysis) is 1. The predicted octanol–water partition coefficient (Wildman–Crippen LogP) is 5.46. The molecule has 0 radical (unpaired) electrons. The molecule has 0 spiro atoms. The Balaban J connectivity index is 1.53. The lowest BCUT2D eigenvalue weighted by atomic mass is 10.1. The van der Waals surface area contributed by atoms with E-state index in [-0.39, 0.29) is 12.1 Å². The predicted molar refractivity (Wildman–Crippen MR) is 126 cm³/mol. The Morgan fingerprint density at radius 2 is 1.84 bits per heavy atom. The van der Waals surface area contributed by atoms with E-state index < -0.39 is 6.09 Å². The number of rotatable bonds is 8. The number of hydrogen-bond acceptors (Lipinski definition) is 4. The molecule has 1 aromatic heterocycles. The summed E-state index contributed by atoms with van der Waals surface area (Å²) < 4.78 is 13.3. The van der Waals surface area contributed by atoms with Crippen LogP contribution in [0.4, 0.5) is 4.79 Å². The topological polar surface area (TPSA) is 65.4 Å². The zero-order valence-corrected chi connectivity index (χ0v) is 19.5. The number of imidazole rings is 1. The monoisotopic (exact) mass is 435 g/mol. The van der Waals surface area contributed by atoms with Crippen LogP contribution in [0.2, 0.25) is 0 Å². The van der Waals surface area contributed by atoms with E-state index >= 15 is 0 Å². The molecule has 4 rings (SSSR count). The van der Waals surface area contributed by atoms with Gasteiger partial charge in [-0.05, 0) is 81.8 Å². The molecule has 1 aliphatic rings. The molecular formula is C26H33N3O3. The summed E-state index contributed by atoms with van der Waals surface area (Å²) in [7, 11) is 0. The first kappa shape index (κ1) is 22.2. The number of carbonyl (C=O) groups excluding carboxylic acids is 1. The van der Waals surface area contributed by atoms with E-state index in [1.54, 1.807) is 0 Å². The van der Waals surface area contributed by atoms with Gasteiger partial charge in [-0.15, -0.1) is 0 Å². The number of hydrogen-bond donors (Lipinski definition) is 1. The van der Waals surface area contributed by atoms with Gasteiger partial charge in [0.15, 0.2) is 0 Å². The summed E-state index contributed by atoms with van der Waals surface area (Å²) in [5.74, 6) is 2.71. The highest BCUT2D eigenvalue weighted by molar-refractivity contribution is 5.77. The molecule has 0 aliphatic heterocycles. The lowest BCUT2D eigenvalue weighted by molar-refractivity contribution is 0.131. The van der Waals surface area contributed by atoms with Crippen molar-refractivity contribution in [2.45, 2.75) is 65.6 Å². The summed E-state index contributed by atoms with van der Waals surface area (Å²) in [6.45, 7) is 9.68. The number of aromatic nitrogens is 2. The van der Waals surface area contributed by atoms with Gasteiger partial charge in [0.1, 0.15) is 18.2 Å². The zero-order chi connectivity index (χ0) is 22.7. The summed E-state index contributed by atoms with van der Waals surface area (Å²) in [6, 6.07) is 14.4. The molecule has 1 fully saturated rings. The van der Waals surface area contributed by atoms with Crippen LogP contribution < -0.4 is 10.1 Å². The third-order valence-corrected chi connectivity index (χ3v) is 5.47. The number of carbonyl (C=O) groups is 1. The molecule has 0 bridgehead atoms. The number of amides is 1. The van der Waals surface area contributed by atoms with E-state index in [0.29, 0.717) is 6.61 Å². The highest BCUT2D eigenvalue weighted by Crippen LogP contribution is 2.33. The first-order chi connectivity index (χ1) is 15.3. The molecule has 1 heterocycles. The lowest BCUT2D eigenvalue weighted by Crippen LogP contribution is -2.40. The highest BCUT2D eigenvalue weighted by atomic mass is 16.5. The van der Waals surface area contributed by atoms with Crippen molar-refractivity contribution in [3.63, 3.8) is 0 Å². The van der Waals surface area contributed by atoms with Crippen molar-refractivity contribution < 1.29 is 14.3 Å². The second-order valence-electron chi connectivity index (χ2n) is 9.61. The third kappa shape index (κ3) is 5.81. The van der Waals surface area contributed by atoms with Crippen molar-refractivity contribution in [1.29, 1.82) is 0 Å². The molecule has 0 unspecified atom stereocenters. The second kappa shape index (κ2) is 9.23. The summed E-state index contributed by atoms with van der Waals surface area (Å²) >= 11 is 0. The van der Waals surface area contributed by atoms with Crippen molar-refractivity contribution in [3.8, 4) is 5.75 Å². The SMILES string of the molecule is CCOc1ccc(Cc2nc3cc(COC(=O)NC(C)(C)C)ccc3n2CC2CC2)cc1. The maximum Gasteiger partial charge on any atom is 0.407 e. The van der Waals surface area contributed by atoms with E-state index in [2.05, 4.69) is 28.1 Å². The Kier molecular flexibility index (Phi) is 6.40. The lowest BCUT2D eigenvalue weighted by Gasteiger charge is -2.19. The van der Waals surface area contributed by atoms with Crippen molar-refractivity contribution in [2.24, 2.45) is 5.92 Å². The molecule has 0 saturated heterocycles. The molecule has 1 amide bonds. The van der Waals surface area contributed by atoms with Gasteiger partial charge in [-0.3, -0.25) is 0 Å². The molecule has 6 heteroatoms. The van der Waals surface area contributed by atoms with Crippen LogP contribution in [0, 0.1) is 5.92 Å². The van der Waals surface area contributed by atoms with Crippen LogP contribution in [-0.2, 0) is 24.3 Å². The van der Waals surface area contributed by atoms with Crippen LogP contribution in [0.25, 0.3) is 11.0 Å². The van der Waals surface area contributed by atoms with Gasteiger partial charge in [0, 0.05) is 18.5 Å². The number of fused-ring (bicyclic) bond motifs is 1. The van der Waals surface area contributed by atoms with E-state index in [0.717, 1.165) is 47.1 Å². The molecule has 1 aliphatic carbocycles. The Bertz CT molecular complexity index is 1080. The van der Waals surface area contributed by atoms with Crippen LogP contribution in [-0.4, -0.2) is 27.8 Å². The van der Waals surface area contributed by atoms with E-state index in [1.165, 1.54) is 18.4 Å². The fourth-order valence-electron chi connectivity index (χ4n) is 3.76. The van der Waals surface area contributed by atoms with Gasteiger partial charge in [0.2, 0.25) is 0 Å². The van der Waals surface area contributed by atoms with Gasteiger partial charge in [-0.2, -0.15) is 0 Å². The first-order valence-corrected chi connectivity index (χ1v) is 11.5. The maximum absolute atomic E-state index is 12.0. The van der Waals surface area contributed by atoms with Gasteiger partial charge in [0.25, 0.3) is 0 Å². The largest absolute Gasteiger partial charge is 0.494 e. The van der Waals surface area contributed by atoms with Gasteiger partial charge >= 0.3 is 6.09 Å². The number of ether oxygens (including phenoxy) is 2. The Hall–Kier alpha value is -3.02. The Morgan fingerprint density at radius 3 is 2.50 bits per heavy atom. The fraction of sp³-hybridized carbons (Fsp3) is 0.462. The third-order valence-electron chi connectivity index (χ3n) is 5.47. The van der Waals surface area contributed by atoms with Crippen LogP contribution in [0.15, 0.2) is 42.5 Å². The van der Waals surface area contributed by atoms with Gasteiger partial charge in [-0.25, -0.2) is 9.78 Å². The Labute approximate surface area is 189 Å². The summed E-state index contributed by atoms with van der Waals surface area (Å²) in [5.41, 5.74) is 3.91. The minimum Gasteiger partial charge on any atom is -0.494 e. The van der Waals surface area contributed by atoms with Crippen LogP contribution in [0.5, 0.6) is 5.75 Å². The fourth-order valence-corrected chi connectivity index (χ4v) is 3.76. The number of nitrogens with one attached hydrogen (secondary N) is 1. The van der Waals surface area contributed by atoms with Gasteiger partial charge < -0.3 is 19.4 Å². The maximum atomic E-state index is 12.0. The van der Waals surface area contributed by atoms with Crippen molar-refractivity contribution in [3.05, 3.63) is 59.4 Å². The number of benzene rings is 2. The molecule has 170 valence electrons. The van der Waals surface area contributed by atoms with Crippen molar-refractivity contribution >= 4 is 17.1 Å². The van der Waals surface area contributed by atoms with Crippen LogP contribution in [0.3, 0.4) is 0 Å².